The molecule has 3 N–H and O–H groups in total. The van der Waals surface area contributed by atoms with Gasteiger partial charge in [0.05, 0.1) is 0 Å². The summed E-state index contributed by atoms with van der Waals surface area (Å²) in [4.78, 5) is 6.10. The van der Waals surface area contributed by atoms with Crippen molar-refractivity contribution in [1.82, 2.24) is 14.6 Å². The molecule has 6 nitrogen and oxygen atoms in total. The van der Waals surface area contributed by atoms with Gasteiger partial charge < -0.3 is 10.6 Å². The van der Waals surface area contributed by atoms with E-state index in [1.54, 1.807) is 0 Å². The van der Waals surface area contributed by atoms with Crippen LogP contribution in [-0.2, 0) is 10.0 Å². The van der Waals surface area contributed by atoms with E-state index in [1.165, 1.54) is 12.3 Å². The Balaban J connectivity index is 2.66. The van der Waals surface area contributed by atoms with E-state index in [-0.39, 0.29) is 10.7 Å². The second-order valence-corrected chi connectivity index (χ2v) is 7.43. The van der Waals surface area contributed by atoms with Crippen molar-refractivity contribution in [2.24, 2.45) is 0 Å². The first kappa shape index (κ1) is 18.3. The van der Waals surface area contributed by atoms with Gasteiger partial charge in [0.2, 0.25) is 10.0 Å². The van der Waals surface area contributed by atoms with Gasteiger partial charge in [-0.05, 0) is 47.9 Å². The normalized spacial score (nSPS) is 12.0. The number of halogens is 1. The van der Waals surface area contributed by atoms with Gasteiger partial charge in [-0.15, -0.1) is 0 Å². The summed E-state index contributed by atoms with van der Waals surface area (Å²) in [5, 5.41) is 0. The van der Waals surface area contributed by atoms with E-state index < -0.39 is 10.0 Å². The van der Waals surface area contributed by atoms with Crippen molar-refractivity contribution in [3.63, 3.8) is 0 Å². The highest BCUT2D eigenvalue weighted by molar-refractivity contribution is 9.10. The van der Waals surface area contributed by atoms with Crippen LogP contribution in [0.25, 0.3) is 0 Å². The maximum atomic E-state index is 12.2. The summed E-state index contributed by atoms with van der Waals surface area (Å²) < 4.78 is 27.6. The van der Waals surface area contributed by atoms with Crippen molar-refractivity contribution < 1.29 is 8.42 Å². The summed E-state index contributed by atoms with van der Waals surface area (Å²) in [5.74, 6) is 0.00433. The molecular weight excluding hydrogens is 356 g/mol. The molecule has 0 aliphatic carbocycles. The zero-order valence-electron chi connectivity index (χ0n) is 12.5. The van der Waals surface area contributed by atoms with Crippen molar-refractivity contribution in [2.45, 2.75) is 31.6 Å². The predicted octanol–water partition coefficient (Wildman–Crippen LogP) is 1.83. The number of nitrogens with zero attached hydrogens (tertiary/aromatic N) is 2. The quantitative estimate of drug-likeness (QED) is 0.684. The second-order valence-electron chi connectivity index (χ2n) is 4.78. The molecule has 0 aromatic carbocycles. The van der Waals surface area contributed by atoms with Crippen molar-refractivity contribution in [3.8, 4) is 0 Å². The topological polar surface area (TPSA) is 88.3 Å². The third-order valence-electron chi connectivity index (χ3n) is 2.94. The Hall–Kier alpha value is -0.700. The number of anilines is 1. The van der Waals surface area contributed by atoms with Crippen LogP contribution in [0.2, 0.25) is 0 Å². The number of aromatic nitrogens is 1. The van der Waals surface area contributed by atoms with Gasteiger partial charge in [0.15, 0.2) is 0 Å². The van der Waals surface area contributed by atoms with E-state index in [2.05, 4.69) is 44.4 Å². The van der Waals surface area contributed by atoms with Crippen LogP contribution in [0.3, 0.4) is 0 Å². The Labute approximate surface area is 135 Å². The van der Waals surface area contributed by atoms with Gasteiger partial charge in [0.25, 0.3) is 0 Å². The minimum Gasteiger partial charge on any atom is -0.383 e. The highest BCUT2D eigenvalue weighted by atomic mass is 79.9. The fourth-order valence-electron chi connectivity index (χ4n) is 2.03. The SMILES string of the molecule is CCCN(CCC)CCNS(=O)(=O)c1cc(Br)cnc1N. The van der Waals surface area contributed by atoms with Gasteiger partial charge in [0, 0.05) is 23.8 Å². The van der Waals surface area contributed by atoms with E-state index in [4.69, 9.17) is 5.73 Å². The maximum absolute atomic E-state index is 12.2. The summed E-state index contributed by atoms with van der Waals surface area (Å²) in [6.45, 7) is 7.20. The lowest BCUT2D eigenvalue weighted by atomic mass is 10.3. The molecule has 0 aliphatic rings. The summed E-state index contributed by atoms with van der Waals surface area (Å²) in [7, 11) is -3.63. The minimum absolute atomic E-state index is 0.00433. The molecule has 0 bridgehead atoms. The van der Waals surface area contributed by atoms with Crippen LogP contribution >= 0.6 is 15.9 Å². The average Bonchev–Trinajstić information content (AvgIpc) is 2.41. The highest BCUT2D eigenvalue weighted by Crippen LogP contribution is 2.20. The van der Waals surface area contributed by atoms with Crippen molar-refractivity contribution in [2.75, 3.05) is 31.9 Å². The first-order chi connectivity index (χ1) is 9.90. The molecule has 0 unspecified atom stereocenters. The van der Waals surface area contributed by atoms with E-state index in [1.807, 2.05) is 0 Å². The third kappa shape index (κ3) is 5.90. The van der Waals surface area contributed by atoms with Crippen LogP contribution in [-0.4, -0.2) is 44.5 Å². The van der Waals surface area contributed by atoms with Crippen LogP contribution in [0.4, 0.5) is 5.82 Å². The zero-order valence-corrected chi connectivity index (χ0v) is 14.9. The molecule has 0 saturated carbocycles. The van der Waals surface area contributed by atoms with Crippen molar-refractivity contribution in [1.29, 1.82) is 0 Å². The largest absolute Gasteiger partial charge is 0.383 e. The second kappa shape index (κ2) is 8.67. The molecule has 0 amide bonds. The molecule has 1 rings (SSSR count). The zero-order chi connectivity index (χ0) is 15.9. The lowest BCUT2D eigenvalue weighted by Gasteiger charge is -2.21. The van der Waals surface area contributed by atoms with Gasteiger partial charge in [-0.25, -0.2) is 18.1 Å². The Kier molecular flexibility index (Phi) is 7.58. The lowest BCUT2D eigenvalue weighted by molar-refractivity contribution is 0.279. The average molecular weight is 379 g/mol. The standard InChI is InChI=1S/C13H23BrN4O2S/c1-3-6-18(7-4-2)8-5-17-21(19,20)12-9-11(14)10-16-13(12)15/h9-10,17H,3-8H2,1-2H3,(H2,15,16). The van der Waals surface area contributed by atoms with E-state index in [0.29, 0.717) is 17.6 Å². The molecule has 0 fully saturated rings. The molecule has 0 radical (unpaired) electrons. The molecule has 1 aromatic rings. The Morgan fingerprint density at radius 2 is 1.90 bits per heavy atom. The predicted molar refractivity (Wildman–Crippen MR) is 88.6 cm³/mol. The highest BCUT2D eigenvalue weighted by Gasteiger charge is 2.18. The van der Waals surface area contributed by atoms with Crippen molar-refractivity contribution in [3.05, 3.63) is 16.7 Å². The van der Waals surface area contributed by atoms with Crippen LogP contribution in [0.1, 0.15) is 26.7 Å². The summed E-state index contributed by atoms with van der Waals surface area (Å²) >= 11 is 3.20. The molecule has 1 heterocycles. The summed E-state index contributed by atoms with van der Waals surface area (Å²) in [6, 6.07) is 1.46. The minimum atomic E-state index is -3.63. The maximum Gasteiger partial charge on any atom is 0.244 e. The lowest BCUT2D eigenvalue weighted by Crippen LogP contribution is -2.36. The van der Waals surface area contributed by atoms with Crippen LogP contribution in [0.5, 0.6) is 0 Å². The van der Waals surface area contributed by atoms with Gasteiger partial charge >= 0.3 is 0 Å². The van der Waals surface area contributed by atoms with Crippen LogP contribution in [0.15, 0.2) is 21.6 Å². The first-order valence-electron chi connectivity index (χ1n) is 7.03. The number of sulfonamides is 1. The fraction of sp³-hybridized carbons (Fsp3) is 0.615. The molecule has 0 atom stereocenters. The number of hydrogen-bond donors (Lipinski definition) is 2. The first-order valence-corrected chi connectivity index (χ1v) is 9.31. The Morgan fingerprint density at radius 1 is 1.29 bits per heavy atom. The number of nitrogen functional groups attached to an aromatic ring is 1. The number of nitrogens with one attached hydrogen (secondary N) is 1. The molecule has 21 heavy (non-hydrogen) atoms. The Bertz CT molecular complexity index is 545. The molecule has 0 aliphatic heterocycles. The molecule has 8 heteroatoms. The van der Waals surface area contributed by atoms with Crippen LogP contribution < -0.4 is 10.5 Å². The van der Waals surface area contributed by atoms with Gasteiger partial charge in [-0.3, -0.25) is 0 Å². The van der Waals surface area contributed by atoms with Crippen molar-refractivity contribution >= 4 is 31.8 Å². The number of pyridine rings is 1. The third-order valence-corrected chi connectivity index (χ3v) is 4.86. The van der Waals surface area contributed by atoms with Crippen LogP contribution in [0, 0.1) is 0 Å². The molecule has 0 saturated heterocycles. The number of hydrogen-bond acceptors (Lipinski definition) is 5. The number of nitrogens with two attached hydrogens (primary N) is 1. The molecule has 0 spiro atoms. The van der Waals surface area contributed by atoms with E-state index >= 15 is 0 Å². The Morgan fingerprint density at radius 3 is 2.48 bits per heavy atom. The fourth-order valence-corrected chi connectivity index (χ4v) is 3.64. The smallest absolute Gasteiger partial charge is 0.244 e. The molecule has 120 valence electrons. The van der Waals surface area contributed by atoms with E-state index in [0.717, 1.165) is 25.9 Å². The number of rotatable bonds is 9. The summed E-state index contributed by atoms with van der Waals surface area (Å²) in [5.41, 5.74) is 5.64. The molecule has 1 aromatic heterocycles. The van der Waals surface area contributed by atoms with Gasteiger partial charge in [-0.2, -0.15) is 0 Å². The monoisotopic (exact) mass is 378 g/mol. The van der Waals surface area contributed by atoms with Gasteiger partial charge in [-0.1, -0.05) is 13.8 Å². The molecular formula is C13H23BrN4O2S. The van der Waals surface area contributed by atoms with Gasteiger partial charge in [0.1, 0.15) is 10.7 Å². The summed E-state index contributed by atoms with van der Waals surface area (Å²) in [6.07, 6.45) is 3.57. The van der Waals surface area contributed by atoms with E-state index in [9.17, 15) is 8.42 Å².